The van der Waals surface area contributed by atoms with E-state index in [-0.39, 0.29) is 40.5 Å². The highest BCUT2D eigenvalue weighted by Crippen LogP contribution is 2.53. The van der Waals surface area contributed by atoms with Gasteiger partial charge in [0.15, 0.2) is 18.1 Å². The highest BCUT2D eigenvalue weighted by atomic mass is 32.2. The number of sulfonamides is 1. The monoisotopic (exact) mass is 680 g/mol. The number of anilines is 2. The molecule has 12 nitrogen and oxygen atoms in total. The van der Waals surface area contributed by atoms with Crippen LogP contribution in [-0.2, 0) is 24.4 Å². The molecule has 2 aliphatic heterocycles. The quantitative estimate of drug-likeness (QED) is 0.223. The summed E-state index contributed by atoms with van der Waals surface area (Å²) < 4.78 is 34.6. The molecule has 1 aromatic heterocycles. The fraction of sp³-hybridized carbons (Fsp3) is 0.226. The van der Waals surface area contributed by atoms with Gasteiger partial charge in [-0.05, 0) is 67.9 Å². The van der Waals surface area contributed by atoms with Crippen LogP contribution in [0.15, 0.2) is 81.4 Å². The topological polar surface area (TPSA) is 178 Å². The van der Waals surface area contributed by atoms with E-state index >= 15 is 0 Å². The molecule has 1 fully saturated rings. The van der Waals surface area contributed by atoms with Crippen LogP contribution in [0.3, 0.4) is 0 Å². The minimum absolute atomic E-state index is 0.0864. The van der Waals surface area contributed by atoms with Gasteiger partial charge >= 0.3 is 4.87 Å². The lowest BCUT2D eigenvalue weighted by molar-refractivity contribution is -0.122. The number of rotatable bonds is 9. The number of nitrogens with zero attached hydrogens (tertiary/aromatic N) is 1. The molecule has 6 rings (SSSR count). The smallest absolute Gasteiger partial charge is 0.305 e. The van der Waals surface area contributed by atoms with E-state index in [0.717, 1.165) is 16.9 Å². The summed E-state index contributed by atoms with van der Waals surface area (Å²) in [6.45, 7) is 3.60. The van der Waals surface area contributed by atoms with Gasteiger partial charge in [-0.15, -0.1) is 0 Å². The molecule has 3 atom stereocenters. The number of hydrogen-bond acceptors (Lipinski definition) is 10. The summed E-state index contributed by atoms with van der Waals surface area (Å²) in [6.07, 6.45) is 0. The number of carbonyl (C=O) groups excluding carboxylic acids is 3. The van der Waals surface area contributed by atoms with E-state index in [0.29, 0.717) is 32.6 Å². The molecule has 3 heterocycles. The molecule has 2 aliphatic rings. The zero-order chi connectivity index (χ0) is 32.7. The first-order valence-electron chi connectivity index (χ1n) is 14.1. The Labute approximate surface area is 272 Å². The number of thioether (sulfide) groups is 1. The Balaban J connectivity index is 1.27. The number of benzene rings is 3. The lowest BCUT2D eigenvalue weighted by atomic mass is 9.83. The Morgan fingerprint density at radius 2 is 1.70 bits per heavy atom. The average Bonchev–Trinajstić information content (AvgIpc) is 3.51. The van der Waals surface area contributed by atoms with Crippen LogP contribution in [-0.4, -0.2) is 49.6 Å². The molecule has 3 amide bonds. The number of primary sulfonamides is 1. The minimum Gasteiger partial charge on any atom is -0.490 e. The summed E-state index contributed by atoms with van der Waals surface area (Å²) in [5.74, 6) is -2.01. The van der Waals surface area contributed by atoms with Crippen molar-refractivity contribution in [2.24, 2.45) is 11.1 Å². The van der Waals surface area contributed by atoms with E-state index in [1.165, 1.54) is 40.9 Å². The Morgan fingerprint density at radius 3 is 2.37 bits per heavy atom. The van der Waals surface area contributed by atoms with Gasteiger partial charge in [0.25, 0.3) is 5.91 Å². The second-order valence-corrected chi connectivity index (χ2v) is 14.4. The first-order valence-corrected chi connectivity index (χ1v) is 17.3. The fourth-order valence-electron chi connectivity index (χ4n) is 5.50. The first-order chi connectivity index (χ1) is 21.9. The van der Waals surface area contributed by atoms with Crippen LogP contribution in [0.2, 0.25) is 0 Å². The SMILES string of the molecule is CCOc1cc([C@H]2c3sc(=O)[nH]c3SC3C(=O)N(c4ccc(C)cc4)C(=O)C32)ccc1OCC(=O)Nc1ccc(S(N)(=O)=O)cc1. The number of aromatic nitrogens is 1. The van der Waals surface area contributed by atoms with Gasteiger partial charge < -0.3 is 19.8 Å². The number of nitrogens with one attached hydrogen (secondary N) is 2. The standard InChI is InChI=1S/C31H28N4O8S3/c1-3-42-22-14-17(6-13-21(22)43-15-23(36)33-18-7-11-20(12-8-18)46(32,40)41)24-25-27(44-28-26(24)45-31(39)34-28)30(38)35(29(25)37)19-9-4-16(2)5-10-19/h4-14,24-25,27H,3,15H2,1-2H3,(H,33,36)(H,34,39)(H2,32,40,41)/t24-,25?,27?/m1/s1. The molecule has 0 spiro atoms. The molecule has 4 N–H and O–H groups in total. The number of carbonyl (C=O) groups is 3. The molecule has 0 radical (unpaired) electrons. The molecule has 4 aromatic rings. The number of nitrogens with two attached hydrogens (primary N) is 1. The van der Waals surface area contributed by atoms with Gasteiger partial charge in [0, 0.05) is 16.5 Å². The van der Waals surface area contributed by atoms with Crippen molar-refractivity contribution in [1.29, 1.82) is 0 Å². The maximum Gasteiger partial charge on any atom is 0.305 e. The predicted octanol–water partition coefficient (Wildman–Crippen LogP) is 3.60. The van der Waals surface area contributed by atoms with Crippen LogP contribution in [0.25, 0.3) is 0 Å². The van der Waals surface area contributed by atoms with Gasteiger partial charge in [0.05, 0.1) is 28.1 Å². The van der Waals surface area contributed by atoms with Crippen LogP contribution >= 0.6 is 23.1 Å². The number of aromatic amines is 1. The van der Waals surface area contributed by atoms with Crippen LogP contribution in [0, 0.1) is 12.8 Å². The molecule has 46 heavy (non-hydrogen) atoms. The second kappa shape index (κ2) is 12.4. The van der Waals surface area contributed by atoms with Crippen LogP contribution in [0.1, 0.15) is 28.8 Å². The second-order valence-electron chi connectivity index (χ2n) is 10.6. The third-order valence-corrected chi connectivity index (χ3v) is 10.9. The number of thiazole rings is 1. The zero-order valence-electron chi connectivity index (χ0n) is 24.5. The van der Waals surface area contributed by atoms with Crippen molar-refractivity contribution in [3.63, 3.8) is 0 Å². The van der Waals surface area contributed by atoms with Crippen molar-refractivity contribution in [3.8, 4) is 11.5 Å². The summed E-state index contributed by atoms with van der Waals surface area (Å²) in [5, 5.41) is 7.55. The van der Waals surface area contributed by atoms with Gasteiger partial charge in [0.1, 0.15) is 5.25 Å². The van der Waals surface area contributed by atoms with E-state index in [1.807, 2.05) is 19.1 Å². The third kappa shape index (κ3) is 6.06. The number of hydrogen-bond donors (Lipinski definition) is 3. The molecule has 238 valence electrons. The molecule has 0 bridgehead atoms. The van der Waals surface area contributed by atoms with E-state index in [9.17, 15) is 27.6 Å². The van der Waals surface area contributed by atoms with E-state index in [4.69, 9.17) is 14.6 Å². The molecule has 3 aromatic carbocycles. The lowest BCUT2D eigenvalue weighted by Gasteiger charge is -2.30. The fourth-order valence-corrected chi connectivity index (χ4v) is 8.53. The molecule has 0 aliphatic carbocycles. The van der Waals surface area contributed by atoms with Gasteiger partial charge in [-0.3, -0.25) is 19.2 Å². The largest absolute Gasteiger partial charge is 0.490 e. The Bertz CT molecular complexity index is 2010. The van der Waals surface area contributed by atoms with Crippen molar-refractivity contribution in [2.75, 3.05) is 23.4 Å². The van der Waals surface area contributed by atoms with Crippen molar-refractivity contribution in [3.05, 3.63) is 92.4 Å². The summed E-state index contributed by atoms with van der Waals surface area (Å²) in [7, 11) is -3.87. The number of ether oxygens (including phenoxy) is 2. The first kappa shape index (κ1) is 31.5. The minimum atomic E-state index is -3.87. The molecular weight excluding hydrogens is 653 g/mol. The summed E-state index contributed by atoms with van der Waals surface area (Å²) in [4.78, 5) is 57.1. The molecule has 0 saturated carbocycles. The summed E-state index contributed by atoms with van der Waals surface area (Å²) in [5.41, 5.74) is 2.48. The number of fused-ring (bicyclic) bond motifs is 2. The average molecular weight is 681 g/mol. The number of imide groups is 1. The summed E-state index contributed by atoms with van der Waals surface area (Å²) in [6, 6.07) is 17.6. The molecule has 15 heteroatoms. The van der Waals surface area contributed by atoms with Gasteiger partial charge in [0.2, 0.25) is 21.8 Å². The number of aryl methyl sites for hydroxylation is 1. The maximum atomic E-state index is 14.0. The van der Waals surface area contributed by atoms with Gasteiger partial charge in [-0.2, -0.15) is 0 Å². The molecule has 2 unspecified atom stereocenters. The van der Waals surface area contributed by atoms with Crippen molar-refractivity contribution < 1.29 is 32.3 Å². The van der Waals surface area contributed by atoms with Gasteiger partial charge in [-0.25, -0.2) is 18.5 Å². The van der Waals surface area contributed by atoms with E-state index in [1.54, 1.807) is 37.3 Å². The van der Waals surface area contributed by atoms with Crippen LogP contribution in [0.5, 0.6) is 11.5 Å². The normalized spacial score (nSPS) is 19.0. The predicted molar refractivity (Wildman–Crippen MR) is 173 cm³/mol. The van der Waals surface area contributed by atoms with E-state index in [2.05, 4.69) is 10.3 Å². The highest BCUT2D eigenvalue weighted by molar-refractivity contribution is 8.00. The Morgan fingerprint density at radius 1 is 0.978 bits per heavy atom. The Kier molecular flexibility index (Phi) is 8.50. The highest BCUT2D eigenvalue weighted by Gasteiger charge is 2.56. The molecular formula is C31H28N4O8S3. The van der Waals surface area contributed by atoms with Crippen molar-refractivity contribution >= 4 is 62.2 Å². The lowest BCUT2D eigenvalue weighted by Crippen LogP contribution is -2.32. The van der Waals surface area contributed by atoms with Gasteiger partial charge in [-0.1, -0.05) is 46.9 Å². The number of H-pyrrole nitrogens is 1. The van der Waals surface area contributed by atoms with Crippen LogP contribution < -0.4 is 29.7 Å². The number of amides is 3. The van der Waals surface area contributed by atoms with Crippen LogP contribution in [0.4, 0.5) is 11.4 Å². The van der Waals surface area contributed by atoms with E-state index < -0.39 is 33.0 Å². The Hall–Kier alpha value is -4.44. The van der Waals surface area contributed by atoms with Crippen molar-refractivity contribution in [2.45, 2.75) is 34.9 Å². The third-order valence-electron chi connectivity index (χ3n) is 7.57. The zero-order valence-corrected chi connectivity index (χ0v) is 27.0. The summed E-state index contributed by atoms with van der Waals surface area (Å²) >= 11 is 2.20. The molecule has 1 saturated heterocycles. The van der Waals surface area contributed by atoms with Crippen molar-refractivity contribution in [1.82, 2.24) is 4.98 Å². The maximum absolute atomic E-state index is 14.0.